The number of rotatable bonds is 2. The first-order chi connectivity index (χ1) is 3.71. The van der Waals surface area contributed by atoms with E-state index < -0.39 is 13.6 Å². The molecule has 0 aromatic rings. The summed E-state index contributed by atoms with van der Waals surface area (Å²) >= 11 is 6.15. The second-order valence-corrected chi connectivity index (χ2v) is 7.65. The van der Waals surface area contributed by atoms with Gasteiger partial charge in [0.15, 0.2) is 0 Å². The van der Waals surface area contributed by atoms with Crippen LogP contribution < -0.4 is 9.79 Å². The zero-order valence-electron chi connectivity index (χ0n) is 4.54. The predicted molar refractivity (Wildman–Crippen MR) is 34.3 cm³/mol. The van der Waals surface area contributed by atoms with Crippen LogP contribution in [0.25, 0.3) is 0 Å². The van der Waals surface area contributed by atoms with Gasteiger partial charge in [-0.1, -0.05) is 24.5 Å². The fraction of sp³-hybridized carbons (Fsp3) is 0. The molecule has 0 aliphatic rings. The van der Waals surface area contributed by atoms with Crippen molar-refractivity contribution in [3.8, 4) is 0 Å². The van der Waals surface area contributed by atoms with E-state index in [0.717, 1.165) is 0 Å². The molecule has 0 rings (SSSR count). The van der Waals surface area contributed by atoms with Gasteiger partial charge in [0.1, 0.15) is 0 Å². The van der Waals surface area contributed by atoms with E-state index in [1.165, 1.54) is 0 Å². The van der Waals surface area contributed by atoms with E-state index in [4.69, 9.17) is 0 Å². The second kappa shape index (κ2) is 4.63. The molecule has 0 aromatic carbocycles. The quantitative estimate of drug-likeness (QED) is 0.413. The zero-order chi connectivity index (χ0) is 7.71. The first-order valence-electron chi connectivity index (χ1n) is 1.50. The van der Waals surface area contributed by atoms with Crippen molar-refractivity contribution in [1.82, 2.24) is 0 Å². The van der Waals surface area contributed by atoms with Gasteiger partial charge in [-0.05, 0) is 0 Å². The molecule has 0 saturated heterocycles. The summed E-state index contributed by atoms with van der Waals surface area (Å²) in [5, 5.41) is 0. The normalized spacial score (nSPS) is 12.4. The molecule has 56 valence electrons. The molecule has 5 nitrogen and oxygen atoms in total. The second-order valence-electron chi connectivity index (χ2n) is 1.02. The summed E-state index contributed by atoms with van der Waals surface area (Å²) in [7, 11) is -5.20. The van der Waals surface area contributed by atoms with E-state index in [2.05, 4.69) is 28.8 Å². The SMILES string of the molecule is O=P([O-])([O-])OP(=O)(S)S.[Zn+2]. The minimum Gasteiger partial charge on any atom is -0.789 e. The molecular weight excluding hydrogens is 271 g/mol. The Morgan fingerprint density at radius 2 is 1.50 bits per heavy atom. The van der Waals surface area contributed by atoms with Crippen LogP contribution in [0.3, 0.4) is 0 Å². The van der Waals surface area contributed by atoms with Gasteiger partial charge in [0.05, 0.1) is 7.82 Å². The van der Waals surface area contributed by atoms with E-state index in [1.807, 2.05) is 0 Å². The van der Waals surface area contributed by atoms with Crippen LogP contribution in [0.5, 0.6) is 0 Å². The Bertz CT molecular complexity index is 158. The largest absolute Gasteiger partial charge is 2.00 e. The van der Waals surface area contributed by atoms with E-state index in [1.54, 1.807) is 0 Å². The maximum absolute atomic E-state index is 10.2. The monoisotopic (exact) mass is 272 g/mol. The number of phosphoric acid groups is 1. The topological polar surface area (TPSA) is 89.5 Å². The van der Waals surface area contributed by atoms with Crippen LogP contribution in [-0.2, 0) is 32.9 Å². The first kappa shape index (κ1) is 14.2. The molecule has 0 radical (unpaired) electrons. The summed E-state index contributed by atoms with van der Waals surface area (Å²) < 4.78 is 23.1. The molecule has 0 N–H and O–H groups in total. The van der Waals surface area contributed by atoms with E-state index in [9.17, 15) is 18.9 Å². The third kappa shape index (κ3) is 12.3. The zero-order valence-corrected chi connectivity index (χ0v) is 11.1. The fourth-order valence-corrected chi connectivity index (χ4v) is 2.78. The van der Waals surface area contributed by atoms with Gasteiger partial charge >= 0.3 is 25.3 Å². The number of hydrogen-bond acceptors (Lipinski definition) is 5. The van der Waals surface area contributed by atoms with Gasteiger partial charge in [0, 0.05) is 0 Å². The molecule has 0 heterocycles. The first-order valence-corrected chi connectivity index (χ1v) is 6.89. The molecule has 0 spiro atoms. The molecule has 0 unspecified atom stereocenters. The number of thiol groups is 2. The van der Waals surface area contributed by atoms with Crippen LogP contribution in [0.15, 0.2) is 0 Å². The Balaban J connectivity index is 0. The van der Waals surface area contributed by atoms with Gasteiger partial charge in [-0.25, -0.2) is 0 Å². The van der Waals surface area contributed by atoms with Crippen LogP contribution in [0.4, 0.5) is 0 Å². The van der Waals surface area contributed by atoms with Crippen LogP contribution in [0.1, 0.15) is 0 Å². The Morgan fingerprint density at radius 1 is 1.20 bits per heavy atom. The van der Waals surface area contributed by atoms with Crippen molar-refractivity contribution >= 4 is 38.1 Å². The average molecular weight is 273 g/mol. The molecule has 0 bridgehead atoms. The van der Waals surface area contributed by atoms with Gasteiger partial charge in [0.25, 0.3) is 0 Å². The van der Waals surface area contributed by atoms with Crippen molar-refractivity contribution in [2.45, 2.75) is 0 Å². The fourth-order valence-electron chi connectivity index (χ4n) is 0.130. The maximum atomic E-state index is 10.2. The predicted octanol–water partition coefficient (Wildman–Crippen LogP) is -0.203. The van der Waals surface area contributed by atoms with Crippen molar-refractivity contribution in [1.29, 1.82) is 0 Å². The van der Waals surface area contributed by atoms with Gasteiger partial charge in [-0.3, -0.25) is 8.88 Å². The summed E-state index contributed by atoms with van der Waals surface area (Å²) in [6.07, 6.45) is 0. The standard InChI is InChI=1S/H4O5P2S2.Zn/c1-6(2,3)5-7(4,8)9;/h(H2,1,2,3)(H2,4,8,9);/q;+2/p-2. The Morgan fingerprint density at radius 3 is 1.50 bits per heavy atom. The Kier molecular flexibility index (Phi) is 6.58. The minimum atomic E-state index is -5.20. The molecule has 0 amide bonds. The van der Waals surface area contributed by atoms with Crippen LogP contribution in [0.2, 0.25) is 0 Å². The van der Waals surface area contributed by atoms with Gasteiger partial charge < -0.3 is 14.4 Å². The van der Waals surface area contributed by atoms with Crippen molar-refractivity contribution in [2.75, 3.05) is 0 Å². The molecule has 10 heteroatoms. The number of hydrogen-bond donors (Lipinski definition) is 2. The van der Waals surface area contributed by atoms with Crippen LogP contribution in [-0.4, -0.2) is 0 Å². The molecule has 0 saturated carbocycles. The Labute approximate surface area is 80.7 Å². The van der Waals surface area contributed by atoms with Crippen molar-refractivity contribution in [3.63, 3.8) is 0 Å². The third-order valence-corrected chi connectivity index (χ3v) is 3.17. The van der Waals surface area contributed by atoms with Gasteiger partial charge in [-0.15, -0.1) is 0 Å². The minimum absolute atomic E-state index is 0. The van der Waals surface area contributed by atoms with Crippen LogP contribution in [0, 0.1) is 0 Å². The van der Waals surface area contributed by atoms with Crippen LogP contribution >= 0.6 is 38.1 Å². The molecule has 0 fully saturated rings. The van der Waals surface area contributed by atoms with E-state index >= 15 is 0 Å². The van der Waals surface area contributed by atoms with Crippen molar-refractivity contribution in [2.24, 2.45) is 0 Å². The van der Waals surface area contributed by atoms with Crippen molar-refractivity contribution in [3.05, 3.63) is 0 Å². The molecule has 0 atom stereocenters. The van der Waals surface area contributed by atoms with E-state index in [-0.39, 0.29) is 19.5 Å². The summed E-state index contributed by atoms with van der Waals surface area (Å²) in [6, 6.07) is 0. The molecule has 0 aliphatic heterocycles. The molecule has 10 heavy (non-hydrogen) atoms. The summed E-state index contributed by atoms with van der Waals surface area (Å²) in [6.45, 7) is 0. The molecular formula is H2O5P2S2Zn. The smallest absolute Gasteiger partial charge is 0.789 e. The molecule has 0 aromatic heterocycles. The van der Waals surface area contributed by atoms with Gasteiger partial charge in [-0.2, -0.15) is 0 Å². The summed E-state index contributed by atoms with van der Waals surface area (Å²) in [5.74, 6) is -3.79. The van der Waals surface area contributed by atoms with E-state index in [0.29, 0.717) is 0 Å². The average Bonchev–Trinajstić information content (AvgIpc) is 1.14. The van der Waals surface area contributed by atoms with Crippen molar-refractivity contribution < 1.29 is 42.7 Å². The third-order valence-electron chi connectivity index (χ3n) is 0.206. The summed E-state index contributed by atoms with van der Waals surface area (Å²) in [5.41, 5.74) is 0. The van der Waals surface area contributed by atoms with Gasteiger partial charge in [0.2, 0.25) is 0 Å². The summed E-state index contributed by atoms with van der Waals surface area (Å²) in [4.78, 5) is 19.3. The molecule has 0 aliphatic carbocycles. The Hall–Kier alpha value is 1.66. The maximum Gasteiger partial charge on any atom is 2.00 e.